The highest BCUT2D eigenvalue weighted by Crippen LogP contribution is 2.21. The van der Waals surface area contributed by atoms with Gasteiger partial charge in [0.15, 0.2) is 0 Å². The minimum absolute atomic E-state index is 0.245. The van der Waals surface area contributed by atoms with Crippen LogP contribution in [0.1, 0.15) is 20.3 Å². The summed E-state index contributed by atoms with van der Waals surface area (Å²) < 4.78 is 4.96. The van der Waals surface area contributed by atoms with E-state index in [1.165, 1.54) is 0 Å². The second-order valence-electron chi connectivity index (χ2n) is 3.34. The van der Waals surface area contributed by atoms with Crippen molar-refractivity contribution in [3.05, 3.63) is 29.3 Å². The van der Waals surface area contributed by atoms with E-state index in [4.69, 9.17) is 16.3 Å². The van der Waals surface area contributed by atoms with Crippen molar-refractivity contribution in [3.8, 4) is 0 Å². The summed E-state index contributed by atoms with van der Waals surface area (Å²) in [6, 6.07) is 6.98. The van der Waals surface area contributed by atoms with Crippen LogP contribution in [0, 0.1) is 0 Å². The van der Waals surface area contributed by atoms with Gasteiger partial charge in [0.2, 0.25) is 0 Å². The number of carbonyl (C=O) groups is 1. The molecular formula is C12H16ClNO2. The van der Waals surface area contributed by atoms with Gasteiger partial charge < -0.3 is 10.1 Å². The zero-order valence-electron chi connectivity index (χ0n) is 9.50. The standard InChI is InChI=1S/C12H16ClNO2/c1-3-10(12(15)16-4-2)14-11-8-6-5-7-9(11)13/h5-8,10,14H,3-4H2,1-2H3. The van der Waals surface area contributed by atoms with Gasteiger partial charge >= 0.3 is 5.97 Å². The average Bonchev–Trinajstić information content (AvgIpc) is 2.28. The molecule has 0 saturated carbocycles. The van der Waals surface area contributed by atoms with Gasteiger partial charge in [-0.2, -0.15) is 0 Å². The predicted molar refractivity (Wildman–Crippen MR) is 65.8 cm³/mol. The number of rotatable bonds is 5. The molecule has 3 nitrogen and oxygen atoms in total. The van der Waals surface area contributed by atoms with Crippen LogP contribution in [-0.2, 0) is 9.53 Å². The molecular weight excluding hydrogens is 226 g/mol. The number of halogens is 1. The predicted octanol–water partition coefficient (Wildman–Crippen LogP) is 3.09. The maximum atomic E-state index is 11.6. The molecule has 0 fully saturated rings. The van der Waals surface area contributed by atoms with E-state index >= 15 is 0 Å². The van der Waals surface area contributed by atoms with Crippen molar-refractivity contribution in [2.75, 3.05) is 11.9 Å². The van der Waals surface area contributed by atoms with Gasteiger partial charge in [0, 0.05) is 0 Å². The molecule has 1 aromatic rings. The van der Waals surface area contributed by atoms with Crippen molar-refractivity contribution >= 4 is 23.3 Å². The number of anilines is 1. The molecule has 0 aromatic heterocycles. The van der Waals surface area contributed by atoms with Crippen LogP contribution in [0.2, 0.25) is 5.02 Å². The number of hydrogen-bond acceptors (Lipinski definition) is 3. The molecule has 0 saturated heterocycles. The summed E-state index contributed by atoms with van der Waals surface area (Å²) in [7, 11) is 0. The normalized spacial score (nSPS) is 11.9. The first-order chi connectivity index (χ1) is 7.69. The Morgan fingerprint density at radius 1 is 1.44 bits per heavy atom. The third-order valence-corrected chi connectivity index (χ3v) is 2.51. The van der Waals surface area contributed by atoms with E-state index in [-0.39, 0.29) is 12.0 Å². The van der Waals surface area contributed by atoms with Crippen molar-refractivity contribution in [3.63, 3.8) is 0 Å². The molecule has 1 aromatic carbocycles. The Kier molecular flexibility index (Phi) is 5.12. The van der Waals surface area contributed by atoms with Crippen LogP contribution < -0.4 is 5.32 Å². The third-order valence-electron chi connectivity index (χ3n) is 2.18. The molecule has 1 rings (SSSR count). The SMILES string of the molecule is CCOC(=O)C(CC)Nc1ccccc1Cl. The molecule has 1 unspecified atom stereocenters. The highest BCUT2D eigenvalue weighted by atomic mass is 35.5. The van der Waals surface area contributed by atoms with Crippen LogP contribution in [0.3, 0.4) is 0 Å². The zero-order chi connectivity index (χ0) is 12.0. The molecule has 4 heteroatoms. The summed E-state index contributed by atoms with van der Waals surface area (Å²) in [5.41, 5.74) is 0.754. The fourth-order valence-electron chi connectivity index (χ4n) is 1.34. The average molecular weight is 242 g/mol. The highest BCUT2D eigenvalue weighted by Gasteiger charge is 2.17. The lowest BCUT2D eigenvalue weighted by Crippen LogP contribution is -2.30. The number of benzene rings is 1. The second-order valence-corrected chi connectivity index (χ2v) is 3.74. The van der Waals surface area contributed by atoms with Crippen LogP contribution in [0.25, 0.3) is 0 Å². The first kappa shape index (κ1) is 12.8. The van der Waals surface area contributed by atoms with Gasteiger partial charge in [-0.05, 0) is 25.5 Å². The molecule has 0 heterocycles. The van der Waals surface area contributed by atoms with E-state index in [0.717, 1.165) is 5.69 Å². The largest absolute Gasteiger partial charge is 0.464 e. The Morgan fingerprint density at radius 3 is 2.69 bits per heavy atom. The van der Waals surface area contributed by atoms with Gasteiger partial charge in [-0.25, -0.2) is 4.79 Å². The second kappa shape index (κ2) is 6.38. The molecule has 1 N–H and O–H groups in total. The summed E-state index contributed by atoms with van der Waals surface area (Å²) in [6.45, 7) is 4.10. The van der Waals surface area contributed by atoms with Crippen molar-refractivity contribution in [2.24, 2.45) is 0 Å². The fraction of sp³-hybridized carbons (Fsp3) is 0.417. The number of para-hydroxylation sites is 1. The van der Waals surface area contributed by atoms with Crippen molar-refractivity contribution in [2.45, 2.75) is 26.3 Å². The van der Waals surface area contributed by atoms with Gasteiger partial charge in [-0.1, -0.05) is 30.7 Å². The van der Waals surface area contributed by atoms with E-state index in [9.17, 15) is 4.79 Å². The Bertz CT molecular complexity index is 355. The van der Waals surface area contributed by atoms with Crippen LogP contribution in [0.5, 0.6) is 0 Å². The topological polar surface area (TPSA) is 38.3 Å². The van der Waals surface area contributed by atoms with E-state index in [0.29, 0.717) is 18.1 Å². The number of esters is 1. The molecule has 0 aliphatic carbocycles. The molecule has 0 radical (unpaired) electrons. The van der Waals surface area contributed by atoms with Crippen molar-refractivity contribution in [1.82, 2.24) is 0 Å². The van der Waals surface area contributed by atoms with Crippen molar-refractivity contribution < 1.29 is 9.53 Å². The highest BCUT2D eigenvalue weighted by molar-refractivity contribution is 6.33. The summed E-state index contributed by atoms with van der Waals surface area (Å²) in [4.78, 5) is 11.6. The van der Waals surface area contributed by atoms with Gasteiger partial charge in [0.1, 0.15) is 6.04 Å². The lowest BCUT2D eigenvalue weighted by molar-refractivity contribution is -0.144. The maximum absolute atomic E-state index is 11.6. The van der Waals surface area contributed by atoms with Crippen LogP contribution >= 0.6 is 11.6 Å². The molecule has 0 aliphatic rings. The van der Waals surface area contributed by atoms with Crippen LogP contribution in [0.15, 0.2) is 24.3 Å². The van der Waals surface area contributed by atoms with Gasteiger partial charge in [0.25, 0.3) is 0 Å². The first-order valence-corrected chi connectivity index (χ1v) is 5.74. The molecule has 88 valence electrons. The van der Waals surface area contributed by atoms with Gasteiger partial charge in [0.05, 0.1) is 17.3 Å². The van der Waals surface area contributed by atoms with E-state index in [1.54, 1.807) is 13.0 Å². The van der Waals surface area contributed by atoms with Crippen LogP contribution in [-0.4, -0.2) is 18.6 Å². The number of ether oxygens (including phenoxy) is 1. The molecule has 1 atom stereocenters. The molecule has 0 bridgehead atoms. The molecule has 0 amide bonds. The first-order valence-electron chi connectivity index (χ1n) is 5.36. The fourth-order valence-corrected chi connectivity index (χ4v) is 1.53. The summed E-state index contributed by atoms with van der Waals surface area (Å²) in [5, 5.41) is 3.68. The summed E-state index contributed by atoms with van der Waals surface area (Å²) in [5.74, 6) is -0.245. The minimum Gasteiger partial charge on any atom is -0.464 e. The Hall–Kier alpha value is -1.22. The zero-order valence-corrected chi connectivity index (χ0v) is 10.3. The Morgan fingerprint density at radius 2 is 2.12 bits per heavy atom. The molecule has 0 aliphatic heterocycles. The monoisotopic (exact) mass is 241 g/mol. The van der Waals surface area contributed by atoms with Crippen LogP contribution in [0.4, 0.5) is 5.69 Å². The minimum atomic E-state index is -0.347. The quantitative estimate of drug-likeness (QED) is 0.805. The number of hydrogen-bond donors (Lipinski definition) is 1. The van der Waals surface area contributed by atoms with Gasteiger partial charge in [-0.3, -0.25) is 0 Å². The number of carbonyl (C=O) groups excluding carboxylic acids is 1. The molecule has 0 spiro atoms. The van der Waals surface area contributed by atoms with Crippen molar-refractivity contribution in [1.29, 1.82) is 0 Å². The Labute approximate surface area is 101 Å². The van der Waals surface area contributed by atoms with Gasteiger partial charge in [-0.15, -0.1) is 0 Å². The van der Waals surface area contributed by atoms with E-state index in [2.05, 4.69) is 5.32 Å². The smallest absolute Gasteiger partial charge is 0.328 e. The maximum Gasteiger partial charge on any atom is 0.328 e. The van der Waals surface area contributed by atoms with E-state index in [1.807, 2.05) is 25.1 Å². The van der Waals surface area contributed by atoms with E-state index < -0.39 is 0 Å². The lowest BCUT2D eigenvalue weighted by Gasteiger charge is -2.17. The lowest BCUT2D eigenvalue weighted by atomic mass is 10.2. The molecule has 16 heavy (non-hydrogen) atoms. The number of nitrogens with one attached hydrogen (secondary N) is 1. The Balaban J connectivity index is 2.70. The summed E-state index contributed by atoms with van der Waals surface area (Å²) in [6.07, 6.45) is 0.657. The summed E-state index contributed by atoms with van der Waals surface area (Å²) >= 11 is 5.99. The third kappa shape index (κ3) is 3.42.